The minimum atomic E-state index is -0.142. The minimum Gasteiger partial charge on any atom is -0.496 e. The molecular formula is C23H21N7O3. The van der Waals surface area contributed by atoms with Crippen molar-refractivity contribution in [1.82, 2.24) is 35.3 Å². The fraction of sp³-hybridized carbons (Fsp3) is 0.217. The number of fused-ring (bicyclic) bond motifs is 1. The number of aromatic nitrogens is 7. The van der Waals surface area contributed by atoms with Gasteiger partial charge in [-0.1, -0.05) is 11.2 Å². The number of pyridine rings is 2. The van der Waals surface area contributed by atoms with Crippen LogP contribution in [0.5, 0.6) is 5.75 Å². The first-order chi connectivity index (χ1) is 16.0. The van der Waals surface area contributed by atoms with Crippen molar-refractivity contribution in [3.63, 3.8) is 0 Å². The number of benzene rings is 1. The van der Waals surface area contributed by atoms with Gasteiger partial charge in [-0.3, -0.25) is 9.78 Å². The molecule has 0 atom stereocenters. The first kappa shape index (κ1) is 20.6. The van der Waals surface area contributed by atoms with E-state index in [0.717, 1.165) is 33.4 Å². The molecule has 0 aliphatic rings. The number of hydrogen-bond acceptors (Lipinski definition) is 8. The number of aryl methyl sites for hydroxylation is 2. The van der Waals surface area contributed by atoms with Crippen molar-refractivity contribution >= 4 is 10.9 Å². The minimum absolute atomic E-state index is 0.142. The molecule has 0 fully saturated rings. The number of rotatable bonds is 6. The molecule has 33 heavy (non-hydrogen) atoms. The Kier molecular flexibility index (Phi) is 5.17. The normalized spacial score (nSPS) is 11.2. The van der Waals surface area contributed by atoms with E-state index in [-0.39, 0.29) is 12.0 Å². The maximum absolute atomic E-state index is 13.5. The van der Waals surface area contributed by atoms with E-state index >= 15 is 0 Å². The maximum atomic E-state index is 13.5. The Labute approximate surface area is 188 Å². The van der Waals surface area contributed by atoms with Crippen molar-refractivity contribution in [3.05, 3.63) is 81.5 Å². The molecule has 10 nitrogen and oxygen atoms in total. The molecule has 4 aromatic heterocycles. The molecule has 0 unspecified atom stereocenters. The number of hydrogen-bond donors (Lipinski definition) is 1. The zero-order chi connectivity index (χ0) is 22.9. The van der Waals surface area contributed by atoms with Crippen LogP contribution in [0.4, 0.5) is 0 Å². The molecule has 0 bridgehead atoms. The topological polar surface area (TPSA) is 125 Å². The number of methoxy groups -OCH3 is 1. The van der Waals surface area contributed by atoms with Crippen molar-refractivity contribution in [1.29, 1.82) is 0 Å². The molecule has 5 aromatic rings. The summed E-state index contributed by atoms with van der Waals surface area (Å²) in [4.78, 5) is 17.9. The number of nitrogens with zero attached hydrogens (tertiary/aromatic N) is 6. The summed E-state index contributed by atoms with van der Waals surface area (Å²) in [5.41, 5.74) is 4.41. The lowest BCUT2D eigenvalue weighted by Crippen LogP contribution is -2.25. The number of H-pyrrole nitrogens is 1. The van der Waals surface area contributed by atoms with Gasteiger partial charge < -0.3 is 13.8 Å². The summed E-state index contributed by atoms with van der Waals surface area (Å²) in [6, 6.07) is 11.4. The summed E-state index contributed by atoms with van der Waals surface area (Å²) in [5, 5.41) is 18.8. The molecule has 166 valence electrons. The van der Waals surface area contributed by atoms with Crippen LogP contribution >= 0.6 is 0 Å². The van der Waals surface area contributed by atoms with E-state index < -0.39 is 0 Å². The Morgan fingerprint density at radius 1 is 1.18 bits per heavy atom. The first-order valence-electron chi connectivity index (χ1n) is 10.4. The van der Waals surface area contributed by atoms with Crippen LogP contribution in [0.3, 0.4) is 0 Å². The molecule has 0 spiro atoms. The average Bonchev–Trinajstić information content (AvgIpc) is 3.46. The third-order valence-corrected chi connectivity index (χ3v) is 5.59. The van der Waals surface area contributed by atoms with E-state index in [4.69, 9.17) is 9.26 Å². The van der Waals surface area contributed by atoms with Gasteiger partial charge in [-0.15, -0.1) is 5.10 Å². The lowest BCUT2D eigenvalue weighted by atomic mass is 9.99. The van der Waals surface area contributed by atoms with Gasteiger partial charge in [-0.25, -0.2) is 5.10 Å². The van der Waals surface area contributed by atoms with Crippen LogP contribution in [-0.4, -0.2) is 42.4 Å². The largest absolute Gasteiger partial charge is 0.496 e. The van der Waals surface area contributed by atoms with Crippen LogP contribution in [0.1, 0.15) is 28.5 Å². The standard InChI is InChI=1S/C23H21N7O3/c1-13-22(14(2)33-27-13)18-9-15-8-16(10-21-25-28-29-26-21)23(31)30(19(15)11-20(18)32-3)12-17-6-4-5-7-24-17/h4-9,11H,10,12H2,1-3H3,(H,25,26,28,29). The maximum Gasteiger partial charge on any atom is 0.255 e. The predicted molar refractivity (Wildman–Crippen MR) is 120 cm³/mol. The molecule has 0 saturated heterocycles. The van der Waals surface area contributed by atoms with E-state index in [9.17, 15) is 4.79 Å². The van der Waals surface area contributed by atoms with Gasteiger partial charge >= 0.3 is 0 Å². The van der Waals surface area contributed by atoms with E-state index in [1.54, 1.807) is 17.9 Å². The summed E-state index contributed by atoms with van der Waals surface area (Å²) >= 11 is 0. The fourth-order valence-electron chi connectivity index (χ4n) is 4.07. The van der Waals surface area contributed by atoms with Crippen LogP contribution in [0, 0.1) is 13.8 Å². The van der Waals surface area contributed by atoms with Crippen LogP contribution < -0.4 is 10.3 Å². The summed E-state index contributed by atoms with van der Waals surface area (Å²) in [6.07, 6.45) is 1.99. The van der Waals surface area contributed by atoms with Crippen molar-refractivity contribution in [2.45, 2.75) is 26.8 Å². The highest BCUT2D eigenvalue weighted by Crippen LogP contribution is 2.37. The van der Waals surface area contributed by atoms with Crippen molar-refractivity contribution < 1.29 is 9.26 Å². The van der Waals surface area contributed by atoms with Gasteiger partial charge in [0.25, 0.3) is 5.56 Å². The first-order valence-corrected chi connectivity index (χ1v) is 10.4. The van der Waals surface area contributed by atoms with Crippen molar-refractivity contribution in [2.24, 2.45) is 0 Å². The van der Waals surface area contributed by atoms with Gasteiger partial charge in [0.2, 0.25) is 0 Å². The number of tetrazole rings is 1. The van der Waals surface area contributed by atoms with E-state index in [1.165, 1.54) is 0 Å². The molecule has 0 radical (unpaired) electrons. The highest BCUT2D eigenvalue weighted by atomic mass is 16.5. The van der Waals surface area contributed by atoms with Crippen molar-refractivity contribution in [3.8, 4) is 16.9 Å². The highest BCUT2D eigenvalue weighted by Gasteiger charge is 2.20. The SMILES string of the molecule is COc1cc2c(cc1-c1c(C)noc1C)cc(Cc1nnn[nH]1)c(=O)n2Cc1ccccn1. The quantitative estimate of drug-likeness (QED) is 0.425. The zero-order valence-corrected chi connectivity index (χ0v) is 18.4. The second kappa shape index (κ2) is 8.30. The third-order valence-electron chi connectivity index (χ3n) is 5.59. The molecule has 1 aromatic carbocycles. The van der Waals surface area contributed by atoms with Crippen LogP contribution in [0.2, 0.25) is 0 Å². The van der Waals surface area contributed by atoms with E-state index in [2.05, 4.69) is 30.8 Å². The molecule has 10 heteroatoms. The molecule has 0 aliphatic carbocycles. The molecule has 0 aliphatic heterocycles. The predicted octanol–water partition coefficient (Wildman–Crippen LogP) is 2.83. The van der Waals surface area contributed by atoms with E-state index in [0.29, 0.717) is 29.4 Å². The zero-order valence-electron chi connectivity index (χ0n) is 18.4. The lowest BCUT2D eigenvalue weighted by Gasteiger charge is -2.16. The average molecular weight is 443 g/mol. The van der Waals surface area contributed by atoms with Crippen LogP contribution in [-0.2, 0) is 13.0 Å². The van der Waals surface area contributed by atoms with Crippen LogP contribution in [0.25, 0.3) is 22.0 Å². The van der Waals surface area contributed by atoms with E-state index in [1.807, 2.05) is 50.2 Å². The van der Waals surface area contributed by atoms with Gasteiger partial charge in [-0.05, 0) is 53.9 Å². The summed E-state index contributed by atoms with van der Waals surface area (Å²) in [7, 11) is 1.61. The number of ether oxygens (including phenoxy) is 1. The van der Waals surface area contributed by atoms with Gasteiger partial charge in [-0.2, -0.15) is 0 Å². The summed E-state index contributed by atoms with van der Waals surface area (Å²) in [6.45, 7) is 4.07. The smallest absolute Gasteiger partial charge is 0.255 e. The number of nitrogens with one attached hydrogen (secondary N) is 1. The Hall–Kier alpha value is -4.34. The van der Waals surface area contributed by atoms with Gasteiger partial charge in [0.05, 0.1) is 36.1 Å². The summed E-state index contributed by atoms with van der Waals surface area (Å²) in [5.74, 6) is 1.83. The Bertz CT molecular complexity index is 1470. The summed E-state index contributed by atoms with van der Waals surface area (Å²) < 4.78 is 12.8. The van der Waals surface area contributed by atoms with Gasteiger partial charge in [0.15, 0.2) is 5.82 Å². The Morgan fingerprint density at radius 3 is 2.73 bits per heavy atom. The lowest BCUT2D eigenvalue weighted by molar-refractivity contribution is 0.393. The molecular weight excluding hydrogens is 422 g/mol. The molecule has 0 amide bonds. The van der Waals surface area contributed by atoms with Gasteiger partial charge in [0, 0.05) is 29.8 Å². The number of aromatic amines is 1. The van der Waals surface area contributed by atoms with Crippen molar-refractivity contribution in [2.75, 3.05) is 7.11 Å². The van der Waals surface area contributed by atoms with Crippen LogP contribution in [0.15, 0.2) is 51.9 Å². The van der Waals surface area contributed by atoms with Gasteiger partial charge in [0.1, 0.15) is 11.5 Å². The second-order valence-electron chi connectivity index (χ2n) is 7.72. The Balaban J connectivity index is 1.77. The molecule has 4 heterocycles. The third kappa shape index (κ3) is 3.75. The second-order valence-corrected chi connectivity index (χ2v) is 7.72. The molecule has 1 N–H and O–H groups in total. The molecule has 0 saturated carbocycles. The molecule has 5 rings (SSSR count). The fourth-order valence-corrected chi connectivity index (χ4v) is 4.07. The highest BCUT2D eigenvalue weighted by molar-refractivity contribution is 5.90. The Morgan fingerprint density at radius 2 is 2.06 bits per heavy atom. The monoisotopic (exact) mass is 443 g/mol.